The van der Waals surface area contributed by atoms with Crippen molar-refractivity contribution in [3.8, 4) is 11.5 Å². The fourth-order valence-corrected chi connectivity index (χ4v) is 5.43. The van der Waals surface area contributed by atoms with Gasteiger partial charge >= 0.3 is 5.97 Å². The van der Waals surface area contributed by atoms with Crippen molar-refractivity contribution in [2.45, 2.75) is 49.9 Å². The summed E-state index contributed by atoms with van der Waals surface area (Å²) in [5.74, 6) is -3.30. The molecule has 4 atom stereocenters. The van der Waals surface area contributed by atoms with Gasteiger partial charge in [0.15, 0.2) is 0 Å². The highest BCUT2D eigenvalue weighted by Crippen LogP contribution is 2.20. The lowest BCUT2D eigenvalue weighted by atomic mass is 10.0. The second-order valence-electron chi connectivity index (χ2n) is 11.7. The highest BCUT2D eigenvalue weighted by atomic mass is 16.4. The van der Waals surface area contributed by atoms with Gasteiger partial charge < -0.3 is 47.0 Å². The quantitative estimate of drug-likeness (QED) is 0.0784. The number of phenols is 2. The number of carbonyl (C=O) groups is 4. The number of hydrogen-bond donors (Lipinski definition) is 9. The molecule has 14 nitrogen and oxygen atoms in total. The number of amides is 3. The highest BCUT2D eigenvalue weighted by Gasteiger charge is 2.31. The molecule has 254 valence electrons. The smallest absolute Gasteiger partial charge is 0.326 e. The van der Waals surface area contributed by atoms with E-state index in [1.807, 2.05) is 24.3 Å². The molecule has 2 aromatic heterocycles. The molecule has 0 saturated carbocycles. The van der Waals surface area contributed by atoms with Crippen molar-refractivity contribution in [2.75, 3.05) is 0 Å². The van der Waals surface area contributed by atoms with E-state index in [0.717, 1.165) is 16.5 Å². The van der Waals surface area contributed by atoms with Crippen molar-refractivity contribution in [1.82, 2.24) is 30.9 Å². The van der Waals surface area contributed by atoms with Gasteiger partial charge in [0, 0.05) is 48.3 Å². The van der Waals surface area contributed by atoms with Crippen LogP contribution in [0.3, 0.4) is 0 Å². The summed E-state index contributed by atoms with van der Waals surface area (Å²) in [4.78, 5) is 63.0. The molecule has 3 amide bonds. The van der Waals surface area contributed by atoms with Crippen LogP contribution in [0.25, 0.3) is 10.9 Å². The Morgan fingerprint density at radius 2 is 1.27 bits per heavy atom. The number of carboxylic acids is 1. The number of nitrogens with two attached hydrogens (primary N) is 1. The highest BCUT2D eigenvalue weighted by molar-refractivity contribution is 5.95. The van der Waals surface area contributed by atoms with E-state index in [9.17, 15) is 34.5 Å². The third kappa shape index (κ3) is 9.23. The number of nitrogens with one attached hydrogen (secondary N) is 5. The SMILES string of the molecule is NC(Cc1ccc(O)cc1)C(=O)NC(Cc1c[nH]c2ccccc12)C(=O)NC(Cc1ccc(O)cc1)C(=O)NC(Cc1cnc[nH]1)C(=O)O. The summed E-state index contributed by atoms with van der Waals surface area (Å²) in [6.07, 6.45) is 4.61. The maximum Gasteiger partial charge on any atom is 0.326 e. The molecule has 0 radical (unpaired) electrons. The summed E-state index contributed by atoms with van der Waals surface area (Å²) in [5.41, 5.74) is 9.56. The van der Waals surface area contributed by atoms with Crippen LogP contribution >= 0.6 is 0 Å². The number of imidazole rings is 1. The lowest BCUT2D eigenvalue weighted by Crippen LogP contribution is -2.58. The number of phenolic OH excluding ortho intramolecular Hbond substituents is 2. The van der Waals surface area contributed by atoms with Crippen LogP contribution in [0.1, 0.15) is 22.4 Å². The molecule has 0 aliphatic heterocycles. The first-order valence-corrected chi connectivity index (χ1v) is 15.5. The zero-order valence-electron chi connectivity index (χ0n) is 26.3. The van der Waals surface area contributed by atoms with Crippen LogP contribution in [-0.2, 0) is 44.9 Å². The Morgan fingerprint density at radius 1 is 0.694 bits per heavy atom. The summed E-state index contributed by atoms with van der Waals surface area (Å²) in [6.45, 7) is 0. The number of carbonyl (C=O) groups excluding carboxylic acids is 3. The van der Waals surface area contributed by atoms with Crippen molar-refractivity contribution < 1.29 is 34.5 Å². The Kier molecular flexibility index (Phi) is 10.9. The first-order valence-electron chi connectivity index (χ1n) is 15.5. The van der Waals surface area contributed by atoms with Gasteiger partial charge in [0.25, 0.3) is 0 Å². The number of aliphatic carboxylic acids is 1. The molecule has 0 aliphatic rings. The minimum absolute atomic E-state index is 0.00411. The maximum atomic E-state index is 14.0. The van der Waals surface area contributed by atoms with Gasteiger partial charge in [-0.3, -0.25) is 14.4 Å². The molecule has 0 bridgehead atoms. The molecule has 49 heavy (non-hydrogen) atoms. The van der Waals surface area contributed by atoms with Gasteiger partial charge in [0.2, 0.25) is 17.7 Å². The second-order valence-corrected chi connectivity index (χ2v) is 11.7. The van der Waals surface area contributed by atoms with E-state index in [1.165, 1.54) is 36.8 Å². The predicted molar refractivity (Wildman–Crippen MR) is 179 cm³/mol. The van der Waals surface area contributed by atoms with E-state index in [0.29, 0.717) is 16.8 Å². The van der Waals surface area contributed by atoms with Gasteiger partial charge in [-0.2, -0.15) is 0 Å². The van der Waals surface area contributed by atoms with Gasteiger partial charge in [0.1, 0.15) is 29.6 Å². The molecule has 4 unspecified atom stereocenters. The van der Waals surface area contributed by atoms with E-state index >= 15 is 0 Å². The molecule has 14 heteroatoms. The van der Waals surface area contributed by atoms with Crippen molar-refractivity contribution in [1.29, 1.82) is 0 Å². The molecular formula is C35H37N7O7. The fraction of sp³-hybridized carbons (Fsp3) is 0.229. The normalized spacial score (nSPS) is 13.6. The Balaban J connectivity index is 1.39. The number of aromatic amines is 2. The van der Waals surface area contributed by atoms with Crippen LogP contribution in [0, 0.1) is 0 Å². The van der Waals surface area contributed by atoms with E-state index in [-0.39, 0.29) is 37.2 Å². The monoisotopic (exact) mass is 667 g/mol. The number of benzene rings is 3. The Labute approximate surface area is 280 Å². The Bertz CT molecular complexity index is 1890. The Morgan fingerprint density at radius 3 is 1.88 bits per heavy atom. The number of hydrogen-bond acceptors (Lipinski definition) is 8. The first kappa shape index (κ1) is 34.2. The zero-order valence-corrected chi connectivity index (χ0v) is 26.3. The number of fused-ring (bicyclic) bond motifs is 1. The molecule has 0 spiro atoms. The number of rotatable bonds is 15. The van der Waals surface area contributed by atoms with Gasteiger partial charge in [-0.05, 0) is 53.4 Å². The molecule has 0 saturated heterocycles. The van der Waals surface area contributed by atoms with Crippen molar-refractivity contribution >= 4 is 34.6 Å². The summed E-state index contributed by atoms with van der Waals surface area (Å²) in [5, 5.41) is 38.0. The number of nitrogens with zero attached hydrogens (tertiary/aromatic N) is 1. The number of aromatic hydroxyl groups is 2. The minimum Gasteiger partial charge on any atom is -0.508 e. The standard InChI is InChI=1S/C35H37N7O7/c36-27(13-20-5-9-24(43)10-6-20)32(45)40-30(15-22-17-38-28-4-2-1-3-26(22)28)34(47)41-29(14-21-7-11-25(44)12-8-21)33(46)42-31(35(48)49)16-23-18-37-19-39-23/h1-12,17-19,27,29-31,38,43-44H,13-16,36H2,(H,37,39)(H,40,45)(H,41,47)(H,42,46)(H,48,49). The molecule has 5 aromatic rings. The molecule has 0 aliphatic carbocycles. The molecule has 2 heterocycles. The average Bonchev–Trinajstić information content (AvgIpc) is 3.76. The average molecular weight is 668 g/mol. The zero-order chi connectivity index (χ0) is 34.9. The molecular weight excluding hydrogens is 630 g/mol. The van der Waals surface area contributed by atoms with Crippen LogP contribution in [0.2, 0.25) is 0 Å². The lowest BCUT2D eigenvalue weighted by Gasteiger charge is -2.25. The van der Waals surface area contributed by atoms with Crippen LogP contribution in [0.4, 0.5) is 0 Å². The molecule has 10 N–H and O–H groups in total. The third-order valence-corrected chi connectivity index (χ3v) is 8.06. The topological polar surface area (TPSA) is 236 Å². The maximum absolute atomic E-state index is 14.0. The van der Waals surface area contributed by atoms with Crippen LogP contribution in [0.5, 0.6) is 11.5 Å². The molecule has 5 rings (SSSR count). The molecule has 3 aromatic carbocycles. The number of carboxylic acid groups (broad SMARTS) is 1. The van der Waals surface area contributed by atoms with E-state index < -0.39 is 47.9 Å². The summed E-state index contributed by atoms with van der Waals surface area (Å²) >= 11 is 0. The number of H-pyrrole nitrogens is 2. The summed E-state index contributed by atoms with van der Waals surface area (Å²) < 4.78 is 0. The van der Waals surface area contributed by atoms with Crippen molar-refractivity contribution in [3.63, 3.8) is 0 Å². The fourth-order valence-electron chi connectivity index (χ4n) is 5.43. The van der Waals surface area contributed by atoms with Gasteiger partial charge in [0.05, 0.1) is 12.4 Å². The van der Waals surface area contributed by atoms with E-state index in [2.05, 4.69) is 30.9 Å². The number of aromatic nitrogens is 3. The first-order chi connectivity index (χ1) is 23.5. The minimum atomic E-state index is -1.34. The third-order valence-electron chi connectivity index (χ3n) is 8.06. The van der Waals surface area contributed by atoms with Crippen molar-refractivity contribution in [2.24, 2.45) is 5.73 Å². The summed E-state index contributed by atoms with van der Waals surface area (Å²) in [7, 11) is 0. The molecule has 0 fully saturated rings. The van der Waals surface area contributed by atoms with Gasteiger partial charge in [-0.25, -0.2) is 9.78 Å². The Hall–Kier alpha value is -6.15. The largest absolute Gasteiger partial charge is 0.508 e. The van der Waals surface area contributed by atoms with Gasteiger partial charge in [-0.1, -0.05) is 42.5 Å². The van der Waals surface area contributed by atoms with E-state index in [4.69, 9.17) is 5.73 Å². The van der Waals surface area contributed by atoms with Gasteiger partial charge in [-0.15, -0.1) is 0 Å². The van der Waals surface area contributed by atoms with Crippen molar-refractivity contribution in [3.05, 3.63) is 114 Å². The van der Waals surface area contributed by atoms with Crippen LogP contribution in [0.15, 0.2) is 91.5 Å². The predicted octanol–water partition coefficient (Wildman–Crippen LogP) is 1.44. The summed E-state index contributed by atoms with van der Waals surface area (Å²) in [6, 6.07) is 14.9. The van der Waals surface area contributed by atoms with Crippen LogP contribution in [-0.4, -0.2) is 78.1 Å². The number of para-hydroxylation sites is 1. The second kappa shape index (κ2) is 15.6. The lowest BCUT2D eigenvalue weighted by molar-refractivity contribution is -0.142. The van der Waals surface area contributed by atoms with E-state index in [1.54, 1.807) is 30.5 Å². The van der Waals surface area contributed by atoms with Crippen LogP contribution < -0.4 is 21.7 Å².